The van der Waals surface area contributed by atoms with Crippen LogP contribution >= 0.6 is 11.6 Å². The molecule has 2 N–H and O–H groups in total. The first-order chi connectivity index (χ1) is 8.16. The van der Waals surface area contributed by atoms with Crippen molar-refractivity contribution < 1.29 is 4.74 Å². The Morgan fingerprint density at radius 1 is 1.35 bits per heavy atom. The van der Waals surface area contributed by atoms with Crippen LogP contribution in [0.4, 0.5) is 5.95 Å². The summed E-state index contributed by atoms with van der Waals surface area (Å²) in [4.78, 5) is 7.89. The fourth-order valence-electron chi connectivity index (χ4n) is 1.35. The molecule has 0 atom stereocenters. The monoisotopic (exact) mass is 249 g/mol. The molecule has 0 saturated heterocycles. The molecule has 5 heteroatoms. The van der Waals surface area contributed by atoms with Gasteiger partial charge in [0.1, 0.15) is 6.61 Å². The number of halogens is 1. The average Bonchev–Trinajstić information content (AvgIpc) is 2.32. The molecule has 0 aliphatic carbocycles. The number of benzene rings is 1. The van der Waals surface area contributed by atoms with Crippen molar-refractivity contribution in [2.75, 3.05) is 5.73 Å². The zero-order chi connectivity index (χ0) is 12.3. The minimum atomic E-state index is 0.199. The fraction of sp³-hybridized carbons (Fsp3) is 0.167. The van der Waals surface area contributed by atoms with Gasteiger partial charge in [0.2, 0.25) is 11.8 Å². The highest BCUT2D eigenvalue weighted by atomic mass is 35.5. The lowest BCUT2D eigenvalue weighted by atomic mass is 10.2. The van der Waals surface area contributed by atoms with Gasteiger partial charge in [-0.25, -0.2) is 4.98 Å². The number of aromatic nitrogens is 2. The molecule has 1 aromatic carbocycles. The second-order valence-electron chi connectivity index (χ2n) is 3.60. The predicted molar refractivity (Wildman–Crippen MR) is 67.0 cm³/mol. The van der Waals surface area contributed by atoms with Crippen LogP contribution < -0.4 is 10.5 Å². The topological polar surface area (TPSA) is 61.0 Å². The van der Waals surface area contributed by atoms with Gasteiger partial charge in [0, 0.05) is 22.3 Å². The molecule has 0 radical (unpaired) electrons. The molecule has 0 amide bonds. The Bertz CT molecular complexity index is 531. The predicted octanol–water partition coefficient (Wildman–Crippen LogP) is 2.60. The molecule has 0 fully saturated rings. The van der Waals surface area contributed by atoms with E-state index in [0.29, 0.717) is 17.5 Å². The summed E-state index contributed by atoms with van der Waals surface area (Å²) in [7, 11) is 0. The molecule has 2 aromatic rings. The number of hydrogen-bond donors (Lipinski definition) is 1. The first kappa shape index (κ1) is 11.7. The zero-order valence-corrected chi connectivity index (χ0v) is 10.1. The number of hydrogen-bond acceptors (Lipinski definition) is 4. The van der Waals surface area contributed by atoms with Crippen molar-refractivity contribution in [3.63, 3.8) is 0 Å². The summed E-state index contributed by atoms with van der Waals surface area (Å²) in [5.41, 5.74) is 7.25. The van der Waals surface area contributed by atoms with Crippen molar-refractivity contribution in [3.8, 4) is 5.88 Å². The number of anilines is 1. The second kappa shape index (κ2) is 5.01. The highest BCUT2D eigenvalue weighted by molar-refractivity contribution is 6.31. The van der Waals surface area contributed by atoms with E-state index in [0.717, 1.165) is 11.1 Å². The Hall–Kier alpha value is -1.81. The minimum Gasteiger partial charge on any atom is -0.472 e. The lowest BCUT2D eigenvalue weighted by molar-refractivity contribution is 0.291. The molecular weight excluding hydrogens is 238 g/mol. The smallest absolute Gasteiger partial charge is 0.223 e. The summed E-state index contributed by atoms with van der Waals surface area (Å²) in [6.07, 6.45) is 1.63. The number of ether oxygens (including phenoxy) is 1. The highest BCUT2D eigenvalue weighted by Crippen LogP contribution is 2.19. The van der Waals surface area contributed by atoms with E-state index >= 15 is 0 Å². The molecule has 0 saturated carbocycles. The second-order valence-corrected chi connectivity index (χ2v) is 4.00. The van der Waals surface area contributed by atoms with Crippen molar-refractivity contribution in [3.05, 3.63) is 46.6 Å². The summed E-state index contributed by atoms with van der Waals surface area (Å²) >= 11 is 6.02. The van der Waals surface area contributed by atoms with Crippen LogP contribution in [0.15, 0.2) is 30.5 Å². The Morgan fingerprint density at radius 3 is 2.88 bits per heavy atom. The normalized spacial score (nSPS) is 10.2. The first-order valence-corrected chi connectivity index (χ1v) is 5.50. The molecule has 88 valence electrons. The maximum Gasteiger partial charge on any atom is 0.223 e. The van der Waals surface area contributed by atoms with Crippen molar-refractivity contribution in [2.45, 2.75) is 13.5 Å². The largest absolute Gasteiger partial charge is 0.472 e. The van der Waals surface area contributed by atoms with Gasteiger partial charge in [0.05, 0.1) is 0 Å². The van der Waals surface area contributed by atoms with Gasteiger partial charge in [-0.2, -0.15) is 4.98 Å². The van der Waals surface area contributed by atoms with Gasteiger partial charge < -0.3 is 10.5 Å². The van der Waals surface area contributed by atoms with Gasteiger partial charge in [-0.05, 0) is 13.0 Å². The quantitative estimate of drug-likeness (QED) is 0.908. The molecule has 2 rings (SSSR count). The van der Waals surface area contributed by atoms with Crippen LogP contribution in [0.1, 0.15) is 11.1 Å². The summed E-state index contributed by atoms with van der Waals surface area (Å²) in [6.45, 7) is 2.22. The van der Waals surface area contributed by atoms with E-state index in [1.54, 1.807) is 6.20 Å². The van der Waals surface area contributed by atoms with E-state index in [1.165, 1.54) is 0 Å². The Morgan fingerprint density at radius 2 is 2.12 bits per heavy atom. The average molecular weight is 250 g/mol. The van der Waals surface area contributed by atoms with Crippen LogP contribution in [0.3, 0.4) is 0 Å². The molecular formula is C12H12ClN3O. The van der Waals surface area contributed by atoms with Gasteiger partial charge in [-0.3, -0.25) is 0 Å². The fourth-order valence-corrected chi connectivity index (χ4v) is 1.54. The Labute approximate surface area is 104 Å². The van der Waals surface area contributed by atoms with Gasteiger partial charge in [0.15, 0.2) is 0 Å². The summed E-state index contributed by atoms with van der Waals surface area (Å²) in [5, 5.41) is 0.673. The summed E-state index contributed by atoms with van der Waals surface area (Å²) in [6, 6.07) is 7.51. The minimum absolute atomic E-state index is 0.199. The SMILES string of the molecule is Cc1cnc(N)nc1OCc1ccccc1Cl. The van der Waals surface area contributed by atoms with Crippen LogP contribution in [0, 0.1) is 6.92 Å². The Balaban J connectivity index is 2.12. The van der Waals surface area contributed by atoms with E-state index in [4.69, 9.17) is 22.1 Å². The molecule has 17 heavy (non-hydrogen) atoms. The maximum atomic E-state index is 6.02. The molecule has 0 unspecified atom stereocenters. The van der Waals surface area contributed by atoms with Crippen molar-refractivity contribution in [2.24, 2.45) is 0 Å². The van der Waals surface area contributed by atoms with Crippen molar-refractivity contribution in [1.82, 2.24) is 9.97 Å². The summed E-state index contributed by atoms with van der Waals surface area (Å²) in [5.74, 6) is 0.683. The zero-order valence-electron chi connectivity index (χ0n) is 9.35. The van der Waals surface area contributed by atoms with Crippen molar-refractivity contribution in [1.29, 1.82) is 0 Å². The molecule has 0 spiro atoms. The molecule has 4 nitrogen and oxygen atoms in total. The van der Waals surface area contributed by atoms with Crippen molar-refractivity contribution >= 4 is 17.5 Å². The molecule has 1 heterocycles. The lowest BCUT2D eigenvalue weighted by Gasteiger charge is -2.08. The van der Waals surface area contributed by atoms with Gasteiger partial charge in [-0.1, -0.05) is 29.8 Å². The summed E-state index contributed by atoms with van der Waals surface area (Å²) < 4.78 is 5.57. The molecule has 0 bridgehead atoms. The third kappa shape index (κ3) is 2.85. The standard InChI is InChI=1S/C12H12ClN3O/c1-8-6-15-12(14)16-11(8)17-7-9-4-2-3-5-10(9)13/h2-6H,7H2,1H3,(H2,14,15,16). The van der Waals surface area contributed by atoms with E-state index in [-0.39, 0.29) is 5.95 Å². The van der Waals surface area contributed by atoms with Gasteiger partial charge >= 0.3 is 0 Å². The third-order valence-corrected chi connectivity index (χ3v) is 2.63. The molecule has 0 aliphatic heterocycles. The third-order valence-electron chi connectivity index (χ3n) is 2.27. The van der Waals surface area contributed by atoms with Crippen LogP contribution in [0.25, 0.3) is 0 Å². The maximum absolute atomic E-state index is 6.02. The number of nitrogens with two attached hydrogens (primary N) is 1. The Kier molecular flexibility index (Phi) is 3.44. The van der Waals surface area contributed by atoms with Gasteiger partial charge in [0.25, 0.3) is 0 Å². The van der Waals surface area contributed by atoms with Gasteiger partial charge in [-0.15, -0.1) is 0 Å². The number of aryl methyl sites for hydroxylation is 1. The van der Waals surface area contributed by atoms with Crippen LogP contribution in [-0.4, -0.2) is 9.97 Å². The van der Waals surface area contributed by atoms with E-state index in [2.05, 4.69) is 9.97 Å². The number of nitrogens with zero attached hydrogens (tertiary/aromatic N) is 2. The van der Waals surface area contributed by atoms with Crippen LogP contribution in [0.2, 0.25) is 5.02 Å². The van der Waals surface area contributed by atoms with Crippen LogP contribution in [0.5, 0.6) is 5.88 Å². The lowest BCUT2D eigenvalue weighted by Crippen LogP contribution is -2.03. The molecule has 0 aliphatic rings. The first-order valence-electron chi connectivity index (χ1n) is 5.12. The van der Waals surface area contributed by atoms with E-state index in [1.807, 2.05) is 31.2 Å². The number of rotatable bonds is 3. The van der Waals surface area contributed by atoms with Crippen LogP contribution in [-0.2, 0) is 6.61 Å². The number of nitrogen functional groups attached to an aromatic ring is 1. The molecule has 1 aromatic heterocycles. The highest BCUT2D eigenvalue weighted by Gasteiger charge is 2.05. The van der Waals surface area contributed by atoms with E-state index in [9.17, 15) is 0 Å². The van der Waals surface area contributed by atoms with E-state index < -0.39 is 0 Å².